The van der Waals surface area contributed by atoms with Crippen LogP contribution in [0.25, 0.3) is 0 Å². The number of aryl methyl sites for hydroxylation is 1. The van der Waals surface area contributed by atoms with Crippen LogP contribution in [0.3, 0.4) is 0 Å². The summed E-state index contributed by atoms with van der Waals surface area (Å²) in [5.41, 5.74) is -0.00859. The highest BCUT2D eigenvalue weighted by Crippen LogP contribution is 2.11. The molecule has 2 amide bonds. The number of aliphatic carboxylic acids is 1. The van der Waals surface area contributed by atoms with Crippen molar-refractivity contribution in [2.24, 2.45) is 0 Å². The molecule has 2 rings (SSSR count). The van der Waals surface area contributed by atoms with Gasteiger partial charge in [-0.15, -0.1) is 10.2 Å². The lowest BCUT2D eigenvalue weighted by atomic mass is 10.1. The highest BCUT2D eigenvalue weighted by atomic mass is 16.6. The fourth-order valence-electron chi connectivity index (χ4n) is 2.87. The number of carboxylic acid groups (broad SMARTS) is 1. The third-order valence-corrected chi connectivity index (χ3v) is 4.53. The molecule has 0 fully saturated rings. The number of aromatic amines is 1. The summed E-state index contributed by atoms with van der Waals surface area (Å²) in [6.07, 6.45) is -0.130. The van der Waals surface area contributed by atoms with Gasteiger partial charge in [0.1, 0.15) is 24.3 Å². The SMILES string of the molecule is CC(C)(C)OC(=O)C(CCc1nn[nH]n1)NC(=O)NC(CCC(=O)OCc1ccccc1)C(=O)O. The first kappa shape index (κ1) is 27.2. The van der Waals surface area contributed by atoms with Crippen LogP contribution in [-0.2, 0) is 36.9 Å². The number of carbonyl (C=O) groups is 4. The van der Waals surface area contributed by atoms with Crippen LogP contribution >= 0.6 is 0 Å². The number of hydrogen-bond donors (Lipinski definition) is 4. The fraction of sp³-hybridized carbons (Fsp3) is 0.500. The van der Waals surface area contributed by atoms with Crippen LogP contribution in [0.5, 0.6) is 0 Å². The minimum atomic E-state index is -1.38. The average Bonchev–Trinajstić information content (AvgIpc) is 3.31. The Morgan fingerprint density at radius 3 is 2.34 bits per heavy atom. The first-order valence-corrected chi connectivity index (χ1v) is 11.0. The standard InChI is InChI=1S/C22H30N6O7/c1-22(2,3)35-20(32)16(9-11-17-25-27-28-26-17)24-21(33)23-15(19(30)31)10-12-18(29)34-13-14-7-5-4-6-8-14/h4-8,15-16H,9-13H2,1-3H3,(H,30,31)(H2,23,24,33)(H,25,26,27,28). The minimum Gasteiger partial charge on any atom is -0.480 e. The third kappa shape index (κ3) is 10.6. The Morgan fingerprint density at radius 1 is 1.06 bits per heavy atom. The molecule has 190 valence electrons. The molecule has 2 unspecified atom stereocenters. The smallest absolute Gasteiger partial charge is 0.329 e. The number of nitrogens with zero attached hydrogens (tertiary/aromatic N) is 3. The summed E-state index contributed by atoms with van der Waals surface area (Å²) < 4.78 is 10.5. The van der Waals surface area contributed by atoms with Crippen molar-refractivity contribution in [3.8, 4) is 0 Å². The van der Waals surface area contributed by atoms with Crippen LogP contribution < -0.4 is 10.6 Å². The average molecular weight is 491 g/mol. The molecule has 13 nitrogen and oxygen atoms in total. The molecule has 0 aliphatic heterocycles. The topological polar surface area (TPSA) is 185 Å². The minimum absolute atomic E-state index is 0.0588. The summed E-state index contributed by atoms with van der Waals surface area (Å²) in [6.45, 7) is 5.10. The van der Waals surface area contributed by atoms with Crippen molar-refractivity contribution in [3.05, 3.63) is 41.7 Å². The zero-order chi connectivity index (χ0) is 25.8. The van der Waals surface area contributed by atoms with E-state index in [1.54, 1.807) is 45.0 Å². The number of hydrogen-bond acceptors (Lipinski definition) is 9. The van der Waals surface area contributed by atoms with Gasteiger partial charge in [0, 0.05) is 12.8 Å². The van der Waals surface area contributed by atoms with Crippen LogP contribution in [-0.4, -0.2) is 67.4 Å². The van der Waals surface area contributed by atoms with E-state index in [-0.39, 0.29) is 32.3 Å². The van der Waals surface area contributed by atoms with Gasteiger partial charge in [-0.2, -0.15) is 5.21 Å². The number of rotatable bonds is 12. The second-order valence-electron chi connectivity index (χ2n) is 8.65. The summed E-state index contributed by atoms with van der Waals surface area (Å²) in [5, 5.41) is 27.5. The first-order chi connectivity index (χ1) is 16.5. The number of urea groups is 1. The first-order valence-electron chi connectivity index (χ1n) is 11.0. The number of carbonyl (C=O) groups excluding carboxylic acids is 3. The molecule has 4 N–H and O–H groups in total. The Kier molecular flexibility index (Phi) is 10.1. The van der Waals surface area contributed by atoms with Crippen molar-refractivity contribution in [1.29, 1.82) is 0 Å². The Morgan fingerprint density at radius 2 is 1.74 bits per heavy atom. The van der Waals surface area contributed by atoms with Gasteiger partial charge >= 0.3 is 23.9 Å². The quantitative estimate of drug-likeness (QED) is 0.314. The fourth-order valence-corrected chi connectivity index (χ4v) is 2.87. The lowest BCUT2D eigenvalue weighted by Crippen LogP contribution is -2.52. The van der Waals surface area contributed by atoms with E-state index in [4.69, 9.17) is 9.47 Å². The molecule has 0 bridgehead atoms. The van der Waals surface area contributed by atoms with Crippen LogP contribution in [0.15, 0.2) is 30.3 Å². The van der Waals surface area contributed by atoms with Crippen LogP contribution in [0.2, 0.25) is 0 Å². The third-order valence-electron chi connectivity index (χ3n) is 4.53. The highest BCUT2D eigenvalue weighted by Gasteiger charge is 2.29. The summed E-state index contributed by atoms with van der Waals surface area (Å²) in [7, 11) is 0. The number of aromatic nitrogens is 4. The largest absolute Gasteiger partial charge is 0.480 e. The number of esters is 2. The summed E-state index contributed by atoms with van der Waals surface area (Å²) in [4.78, 5) is 48.7. The second kappa shape index (κ2) is 13.0. The Bertz CT molecular complexity index is 976. The lowest BCUT2D eigenvalue weighted by Gasteiger charge is -2.25. The van der Waals surface area contributed by atoms with Crippen molar-refractivity contribution < 1.29 is 33.8 Å². The molecule has 2 aromatic rings. The summed E-state index contributed by atoms with van der Waals surface area (Å²) >= 11 is 0. The number of ether oxygens (including phenoxy) is 2. The van der Waals surface area contributed by atoms with Crippen molar-refractivity contribution in [3.63, 3.8) is 0 Å². The number of nitrogens with one attached hydrogen (secondary N) is 3. The van der Waals surface area contributed by atoms with Crippen molar-refractivity contribution in [1.82, 2.24) is 31.3 Å². The maximum absolute atomic E-state index is 12.6. The monoisotopic (exact) mass is 490 g/mol. The molecule has 0 spiro atoms. The number of amides is 2. The van der Waals surface area contributed by atoms with Gasteiger partial charge in [-0.1, -0.05) is 35.5 Å². The molecule has 1 aromatic carbocycles. The number of carboxylic acids is 1. The molecule has 0 saturated heterocycles. The molecular weight excluding hydrogens is 460 g/mol. The van der Waals surface area contributed by atoms with E-state index in [0.717, 1.165) is 5.56 Å². The Hall–Kier alpha value is -4.03. The van der Waals surface area contributed by atoms with Gasteiger partial charge in [-0.25, -0.2) is 14.4 Å². The normalized spacial score (nSPS) is 12.8. The van der Waals surface area contributed by atoms with Crippen molar-refractivity contribution in [2.75, 3.05) is 0 Å². The predicted molar refractivity (Wildman–Crippen MR) is 121 cm³/mol. The zero-order valence-corrected chi connectivity index (χ0v) is 19.8. The van der Waals surface area contributed by atoms with Crippen LogP contribution in [0, 0.1) is 0 Å². The van der Waals surface area contributed by atoms with Crippen molar-refractivity contribution >= 4 is 23.9 Å². The van der Waals surface area contributed by atoms with E-state index in [9.17, 15) is 24.3 Å². The van der Waals surface area contributed by atoms with E-state index >= 15 is 0 Å². The van der Waals surface area contributed by atoms with Crippen LogP contribution in [0.1, 0.15) is 51.4 Å². The molecule has 0 aliphatic carbocycles. The Balaban J connectivity index is 1.90. The molecule has 13 heteroatoms. The van der Waals surface area contributed by atoms with Gasteiger partial charge in [-0.3, -0.25) is 4.79 Å². The van der Waals surface area contributed by atoms with E-state index in [1.165, 1.54) is 0 Å². The van der Waals surface area contributed by atoms with E-state index < -0.39 is 41.6 Å². The van der Waals surface area contributed by atoms with E-state index in [1.807, 2.05) is 6.07 Å². The molecule has 35 heavy (non-hydrogen) atoms. The van der Waals surface area contributed by atoms with Gasteiger partial charge < -0.3 is 25.2 Å². The number of H-pyrrole nitrogens is 1. The summed E-state index contributed by atoms with van der Waals surface area (Å²) in [6, 6.07) is 5.64. The molecule has 0 radical (unpaired) electrons. The van der Waals surface area contributed by atoms with Gasteiger partial charge in [-0.05, 0) is 39.2 Å². The van der Waals surface area contributed by atoms with E-state index in [2.05, 4.69) is 31.3 Å². The summed E-state index contributed by atoms with van der Waals surface area (Å²) in [5.74, 6) is -2.31. The molecule has 2 atom stereocenters. The molecule has 0 saturated carbocycles. The molecule has 0 aliphatic rings. The maximum Gasteiger partial charge on any atom is 0.329 e. The number of benzene rings is 1. The van der Waals surface area contributed by atoms with Crippen LogP contribution in [0.4, 0.5) is 4.79 Å². The van der Waals surface area contributed by atoms with Gasteiger partial charge in [0.15, 0.2) is 5.82 Å². The van der Waals surface area contributed by atoms with Gasteiger partial charge in [0.2, 0.25) is 0 Å². The highest BCUT2D eigenvalue weighted by molar-refractivity contribution is 5.87. The Labute approximate surface area is 202 Å². The lowest BCUT2D eigenvalue weighted by molar-refractivity contribution is -0.157. The van der Waals surface area contributed by atoms with Crippen molar-refractivity contribution in [2.45, 2.75) is 70.7 Å². The maximum atomic E-state index is 12.6. The molecular formula is C22H30N6O7. The second-order valence-corrected chi connectivity index (χ2v) is 8.65. The van der Waals surface area contributed by atoms with Gasteiger partial charge in [0.05, 0.1) is 0 Å². The predicted octanol–water partition coefficient (Wildman–Crippen LogP) is 1.12. The zero-order valence-electron chi connectivity index (χ0n) is 19.8. The molecule has 1 heterocycles. The number of tetrazole rings is 1. The van der Waals surface area contributed by atoms with E-state index in [0.29, 0.717) is 5.82 Å². The van der Waals surface area contributed by atoms with Gasteiger partial charge in [0.25, 0.3) is 0 Å². The molecule has 1 aromatic heterocycles.